The van der Waals surface area contributed by atoms with Crippen LogP contribution in [0.1, 0.15) is 0 Å². The summed E-state index contributed by atoms with van der Waals surface area (Å²) in [5.41, 5.74) is 7.59. The Bertz CT molecular complexity index is 2830. The van der Waals surface area contributed by atoms with Crippen LogP contribution in [0.25, 0.3) is 98.0 Å². The van der Waals surface area contributed by atoms with Crippen molar-refractivity contribution in [1.82, 2.24) is 0 Å². The van der Waals surface area contributed by atoms with E-state index in [-0.39, 0.29) is 0 Å². The molecule has 0 atom stereocenters. The van der Waals surface area contributed by atoms with E-state index in [1.807, 2.05) is 0 Å². The standard InChI is InChI=1S/C48H30/c1-2-12-32-27-33(22-21-31(32)11-1)34-23-24-36-29-38(26-25-35(36)28-34)47-42-17-7-9-19-44(42)48(45-20-10-8-18-43(45)47)46-30-37-13-3-4-14-39(37)40-15-5-6-16-41(40)46/h1-30H. The summed E-state index contributed by atoms with van der Waals surface area (Å²) in [5.74, 6) is 0. The second kappa shape index (κ2) is 10.7. The summed E-state index contributed by atoms with van der Waals surface area (Å²) >= 11 is 0. The highest BCUT2D eigenvalue weighted by Gasteiger charge is 2.19. The highest BCUT2D eigenvalue weighted by molar-refractivity contribution is 6.26. The molecule has 0 fully saturated rings. The first-order chi connectivity index (χ1) is 23.8. The lowest BCUT2D eigenvalue weighted by Crippen LogP contribution is -1.92. The van der Waals surface area contributed by atoms with Gasteiger partial charge in [0.05, 0.1) is 0 Å². The van der Waals surface area contributed by atoms with Gasteiger partial charge in [0.25, 0.3) is 0 Å². The molecule has 10 aromatic rings. The molecule has 0 unspecified atom stereocenters. The Kier molecular flexibility index (Phi) is 5.98. The molecule has 0 bridgehead atoms. The van der Waals surface area contributed by atoms with Gasteiger partial charge in [0, 0.05) is 0 Å². The third kappa shape index (κ3) is 4.16. The van der Waals surface area contributed by atoms with Crippen molar-refractivity contribution in [2.75, 3.05) is 0 Å². The van der Waals surface area contributed by atoms with Gasteiger partial charge >= 0.3 is 0 Å². The van der Waals surface area contributed by atoms with Crippen LogP contribution in [0.15, 0.2) is 182 Å². The molecule has 0 aromatic heterocycles. The van der Waals surface area contributed by atoms with E-state index in [1.165, 1.54) is 98.0 Å². The van der Waals surface area contributed by atoms with E-state index in [0.29, 0.717) is 0 Å². The van der Waals surface area contributed by atoms with E-state index < -0.39 is 0 Å². The molecule has 0 radical (unpaired) electrons. The van der Waals surface area contributed by atoms with Gasteiger partial charge in [-0.15, -0.1) is 0 Å². The van der Waals surface area contributed by atoms with Crippen LogP contribution >= 0.6 is 0 Å². The van der Waals surface area contributed by atoms with Gasteiger partial charge in [0.1, 0.15) is 0 Å². The molecule has 10 rings (SSSR count). The van der Waals surface area contributed by atoms with Crippen LogP contribution < -0.4 is 0 Å². The minimum absolute atomic E-state index is 1.24. The zero-order valence-corrected chi connectivity index (χ0v) is 26.3. The topological polar surface area (TPSA) is 0 Å². The molecular formula is C48H30. The maximum atomic E-state index is 2.40. The molecule has 0 saturated heterocycles. The SMILES string of the molecule is c1ccc2cc(-c3ccc4cc(-c5c6ccccc6c(-c6cc7ccccc7c7ccccc67)c6ccccc56)ccc4c3)ccc2c1. The Balaban J connectivity index is 1.20. The number of rotatable bonds is 3. The average Bonchev–Trinajstić information content (AvgIpc) is 3.16. The molecule has 0 heterocycles. The fourth-order valence-corrected chi connectivity index (χ4v) is 7.94. The number of hydrogen-bond acceptors (Lipinski definition) is 0. The molecule has 0 heteroatoms. The summed E-state index contributed by atoms with van der Waals surface area (Å²) in [6.07, 6.45) is 0. The smallest absolute Gasteiger partial charge is 0.00199 e. The van der Waals surface area contributed by atoms with Crippen molar-refractivity contribution in [2.45, 2.75) is 0 Å². The predicted molar refractivity (Wildman–Crippen MR) is 208 cm³/mol. The molecule has 0 spiro atoms. The maximum Gasteiger partial charge on any atom is -0.00199 e. The Hall–Kier alpha value is -6.24. The van der Waals surface area contributed by atoms with Crippen LogP contribution in [0.4, 0.5) is 0 Å². The van der Waals surface area contributed by atoms with Crippen molar-refractivity contribution < 1.29 is 0 Å². The Morgan fingerprint density at radius 3 is 1.23 bits per heavy atom. The summed E-state index contributed by atoms with van der Waals surface area (Å²) in [5, 5.41) is 15.3. The van der Waals surface area contributed by atoms with E-state index in [0.717, 1.165) is 0 Å². The summed E-state index contributed by atoms with van der Waals surface area (Å²) in [4.78, 5) is 0. The summed E-state index contributed by atoms with van der Waals surface area (Å²) in [6.45, 7) is 0. The van der Waals surface area contributed by atoms with Crippen LogP contribution in [0, 0.1) is 0 Å². The van der Waals surface area contributed by atoms with Crippen molar-refractivity contribution in [2.24, 2.45) is 0 Å². The maximum absolute atomic E-state index is 2.40. The largest absolute Gasteiger partial charge is 0.0616 e. The Morgan fingerprint density at radius 2 is 0.604 bits per heavy atom. The lowest BCUT2D eigenvalue weighted by atomic mass is 9.83. The molecule has 0 amide bonds. The molecule has 48 heavy (non-hydrogen) atoms. The van der Waals surface area contributed by atoms with E-state index >= 15 is 0 Å². The van der Waals surface area contributed by atoms with Gasteiger partial charge in [-0.2, -0.15) is 0 Å². The van der Waals surface area contributed by atoms with Gasteiger partial charge < -0.3 is 0 Å². The number of fused-ring (bicyclic) bond motifs is 7. The van der Waals surface area contributed by atoms with Gasteiger partial charge in [0.15, 0.2) is 0 Å². The fourth-order valence-electron chi connectivity index (χ4n) is 7.94. The predicted octanol–water partition coefficient (Wildman–Crippen LogP) is 13.6. The quantitative estimate of drug-likeness (QED) is 0.139. The van der Waals surface area contributed by atoms with E-state index in [1.54, 1.807) is 0 Å². The summed E-state index contributed by atoms with van der Waals surface area (Å²) < 4.78 is 0. The summed E-state index contributed by atoms with van der Waals surface area (Å²) in [6, 6.07) is 67.1. The first-order valence-corrected chi connectivity index (χ1v) is 16.7. The number of hydrogen-bond donors (Lipinski definition) is 0. The number of benzene rings is 10. The average molecular weight is 607 g/mol. The minimum atomic E-state index is 1.24. The molecule has 0 nitrogen and oxygen atoms in total. The zero-order valence-electron chi connectivity index (χ0n) is 26.3. The third-order valence-electron chi connectivity index (χ3n) is 10.2. The third-order valence-corrected chi connectivity index (χ3v) is 10.2. The van der Waals surface area contributed by atoms with Crippen LogP contribution in [-0.4, -0.2) is 0 Å². The van der Waals surface area contributed by atoms with Crippen molar-refractivity contribution in [3.63, 3.8) is 0 Å². The van der Waals surface area contributed by atoms with E-state index in [2.05, 4.69) is 182 Å². The lowest BCUT2D eigenvalue weighted by molar-refractivity contribution is 1.66. The van der Waals surface area contributed by atoms with Crippen molar-refractivity contribution in [1.29, 1.82) is 0 Å². The van der Waals surface area contributed by atoms with E-state index in [9.17, 15) is 0 Å². The normalized spacial score (nSPS) is 11.8. The molecule has 0 N–H and O–H groups in total. The van der Waals surface area contributed by atoms with E-state index in [4.69, 9.17) is 0 Å². The minimum Gasteiger partial charge on any atom is -0.0616 e. The first-order valence-electron chi connectivity index (χ1n) is 16.7. The van der Waals surface area contributed by atoms with Crippen molar-refractivity contribution in [3.8, 4) is 33.4 Å². The molecule has 222 valence electrons. The fraction of sp³-hybridized carbons (Fsp3) is 0. The van der Waals surface area contributed by atoms with Crippen LogP contribution in [0.2, 0.25) is 0 Å². The van der Waals surface area contributed by atoms with Crippen LogP contribution in [0.3, 0.4) is 0 Å². The Morgan fingerprint density at radius 1 is 0.208 bits per heavy atom. The monoisotopic (exact) mass is 606 g/mol. The molecule has 10 aromatic carbocycles. The second-order valence-corrected chi connectivity index (χ2v) is 12.9. The molecule has 0 saturated carbocycles. The highest BCUT2D eigenvalue weighted by Crippen LogP contribution is 2.46. The molecule has 0 aliphatic rings. The molecule has 0 aliphatic carbocycles. The van der Waals surface area contributed by atoms with Gasteiger partial charge in [-0.25, -0.2) is 0 Å². The first kappa shape index (κ1) is 26.9. The van der Waals surface area contributed by atoms with Crippen molar-refractivity contribution in [3.05, 3.63) is 182 Å². The van der Waals surface area contributed by atoms with Crippen LogP contribution in [-0.2, 0) is 0 Å². The van der Waals surface area contributed by atoms with Gasteiger partial charge in [0.2, 0.25) is 0 Å². The van der Waals surface area contributed by atoms with Gasteiger partial charge in [-0.05, 0) is 122 Å². The lowest BCUT2D eigenvalue weighted by Gasteiger charge is -2.20. The molecular weight excluding hydrogens is 577 g/mol. The van der Waals surface area contributed by atoms with Gasteiger partial charge in [-0.3, -0.25) is 0 Å². The highest BCUT2D eigenvalue weighted by atomic mass is 14.2. The van der Waals surface area contributed by atoms with Crippen LogP contribution in [0.5, 0.6) is 0 Å². The second-order valence-electron chi connectivity index (χ2n) is 12.9. The van der Waals surface area contributed by atoms with Crippen molar-refractivity contribution >= 4 is 64.6 Å². The molecule has 0 aliphatic heterocycles. The summed E-state index contributed by atoms with van der Waals surface area (Å²) in [7, 11) is 0. The zero-order chi connectivity index (χ0) is 31.6. The Labute approximate surface area is 279 Å². The van der Waals surface area contributed by atoms with Gasteiger partial charge in [-0.1, -0.05) is 158 Å².